The first-order chi connectivity index (χ1) is 13.7. The number of esters is 1. The molecular weight excluding hydrogens is 358 g/mol. The highest BCUT2D eigenvalue weighted by Crippen LogP contribution is 2.16. The van der Waals surface area contributed by atoms with E-state index in [0.29, 0.717) is 23.6 Å². The maximum atomic E-state index is 12.3. The van der Waals surface area contributed by atoms with E-state index in [4.69, 9.17) is 13.9 Å². The number of para-hydroxylation sites is 1. The lowest BCUT2D eigenvalue weighted by Crippen LogP contribution is -2.11. The smallest absolute Gasteiger partial charge is 0.338 e. The molecule has 0 saturated heterocycles. The van der Waals surface area contributed by atoms with Crippen LogP contribution in [0.25, 0.3) is 0 Å². The fraction of sp³-hybridized carbons (Fsp3) is 0.182. The monoisotopic (exact) mass is 379 g/mol. The van der Waals surface area contributed by atoms with Crippen molar-refractivity contribution < 1.29 is 23.5 Å². The van der Waals surface area contributed by atoms with Crippen LogP contribution in [0.15, 0.2) is 71.1 Å². The number of hydrogen-bond donors (Lipinski definition) is 1. The Morgan fingerprint density at radius 3 is 2.43 bits per heavy atom. The van der Waals surface area contributed by atoms with Crippen LogP contribution in [0, 0.1) is 0 Å². The fourth-order valence-corrected chi connectivity index (χ4v) is 2.41. The van der Waals surface area contributed by atoms with E-state index in [-0.39, 0.29) is 24.2 Å². The van der Waals surface area contributed by atoms with Crippen molar-refractivity contribution in [2.24, 2.45) is 0 Å². The molecule has 144 valence electrons. The highest BCUT2D eigenvalue weighted by Gasteiger charge is 2.13. The van der Waals surface area contributed by atoms with Crippen molar-refractivity contribution >= 4 is 17.6 Å². The predicted molar refractivity (Wildman–Crippen MR) is 104 cm³/mol. The summed E-state index contributed by atoms with van der Waals surface area (Å²) in [6.07, 6.45) is 0.765. The van der Waals surface area contributed by atoms with Crippen molar-refractivity contribution in [1.82, 2.24) is 0 Å². The Bertz CT molecular complexity index is 916. The first kappa shape index (κ1) is 19.2. The van der Waals surface area contributed by atoms with Gasteiger partial charge in [-0.3, -0.25) is 4.79 Å². The van der Waals surface area contributed by atoms with Crippen molar-refractivity contribution in [3.8, 4) is 5.75 Å². The molecule has 0 saturated carbocycles. The first-order valence-electron chi connectivity index (χ1n) is 9.01. The number of ether oxygens (including phenoxy) is 2. The summed E-state index contributed by atoms with van der Waals surface area (Å²) in [5.41, 5.74) is 0.986. The van der Waals surface area contributed by atoms with Gasteiger partial charge in [0.1, 0.15) is 18.1 Å². The van der Waals surface area contributed by atoms with Gasteiger partial charge in [-0.2, -0.15) is 0 Å². The molecule has 0 radical (unpaired) electrons. The average Bonchev–Trinajstić information content (AvgIpc) is 3.21. The van der Waals surface area contributed by atoms with E-state index in [9.17, 15) is 9.59 Å². The summed E-state index contributed by atoms with van der Waals surface area (Å²) in [5.74, 6) is 0.685. The van der Waals surface area contributed by atoms with Crippen LogP contribution in [-0.4, -0.2) is 18.5 Å². The molecule has 0 atom stereocenters. The van der Waals surface area contributed by atoms with E-state index in [2.05, 4.69) is 5.32 Å². The quantitative estimate of drug-likeness (QED) is 0.575. The molecule has 6 nitrogen and oxygen atoms in total. The van der Waals surface area contributed by atoms with Crippen LogP contribution in [0.5, 0.6) is 5.75 Å². The normalized spacial score (nSPS) is 10.3. The second-order valence-electron chi connectivity index (χ2n) is 6.04. The van der Waals surface area contributed by atoms with Crippen LogP contribution in [0.4, 0.5) is 5.69 Å². The summed E-state index contributed by atoms with van der Waals surface area (Å²) in [7, 11) is 0. The Balaban J connectivity index is 1.54. The average molecular weight is 379 g/mol. The largest absolute Gasteiger partial charge is 0.486 e. The van der Waals surface area contributed by atoms with Gasteiger partial charge >= 0.3 is 5.97 Å². The summed E-state index contributed by atoms with van der Waals surface area (Å²) >= 11 is 0. The number of anilines is 1. The number of nitrogens with one attached hydrogen (secondary N) is 1. The molecule has 1 heterocycles. The predicted octanol–water partition coefficient (Wildman–Crippen LogP) is 4.68. The van der Waals surface area contributed by atoms with Crippen LogP contribution in [0.3, 0.4) is 0 Å². The first-order valence-corrected chi connectivity index (χ1v) is 9.01. The molecule has 0 fully saturated rings. The molecule has 1 aromatic heterocycles. The van der Waals surface area contributed by atoms with E-state index < -0.39 is 0 Å². The van der Waals surface area contributed by atoms with Crippen LogP contribution >= 0.6 is 0 Å². The Kier molecular flexibility index (Phi) is 6.46. The second-order valence-corrected chi connectivity index (χ2v) is 6.04. The van der Waals surface area contributed by atoms with Gasteiger partial charge in [-0.1, -0.05) is 25.1 Å². The minimum atomic E-state index is -0.382. The van der Waals surface area contributed by atoms with Crippen molar-refractivity contribution in [1.29, 1.82) is 0 Å². The highest BCUT2D eigenvalue weighted by atomic mass is 16.5. The van der Waals surface area contributed by atoms with Crippen LogP contribution < -0.4 is 10.1 Å². The molecule has 0 spiro atoms. The minimum Gasteiger partial charge on any atom is -0.486 e. The van der Waals surface area contributed by atoms with Gasteiger partial charge in [0.2, 0.25) is 0 Å². The van der Waals surface area contributed by atoms with Gasteiger partial charge in [-0.15, -0.1) is 0 Å². The molecular formula is C22H21NO5. The number of rotatable bonds is 8. The minimum absolute atomic E-state index is 0.179. The van der Waals surface area contributed by atoms with Gasteiger partial charge in [0.15, 0.2) is 5.76 Å². The van der Waals surface area contributed by atoms with Gasteiger partial charge in [0.05, 0.1) is 12.2 Å². The summed E-state index contributed by atoms with van der Waals surface area (Å²) in [6.45, 7) is 2.54. The Morgan fingerprint density at radius 2 is 1.71 bits per heavy atom. The van der Waals surface area contributed by atoms with E-state index in [0.717, 1.165) is 12.2 Å². The van der Waals surface area contributed by atoms with Crippen LogP contribution in [0.1, 0.15) is 40.0 Å². The number of furan rings is 1. The molecule has 6 heteroatoms. The van der Waals surface area contributed by atoms with E-state index in [1.807, 2.05) is 37.3 Å². The SMILES string of the molecule is CCCOC(=O)c1ccc(NC(=O)c2ccc(COc3ccccc3)o2)cc1. The van der Waals surface area contributed by atoms with Gasteiger partial charge in [0.25, 0.3) is 5.91 Å². The zero-order valence-corrected chi connectivity index (χ0v) is 15.5. The lowest BCUT2D eigenvalue weighted by atomic mass is 10.2. The Morgan fingerprint density at radius 1 is 0.964 bits per heavy atom. The van der Waals surface area contributed by atoms with Crippen molar-refractivity contribution in [3.63, 3.8) is 0 Å². The second kappa shape index (κ2) is 9.41. The summed E-state index contributed by atoms with van der Waals surface area (Å²) < 4.78 is 16.2. The molecule has 0 aliphatic heterocycles. The number of benzene rings is 2. The lowest BCUT2D eigenvalue weighted by molar-refractivity contribution is 0.0505. The number of carbonyl (C=O) groups is 2. The van der Waals surface area contributed by atoms with Gasteiger partial charge < -0.3 is 19.2 Å². The number of amides is 1. The molecule has 0 aliphatic carbocycles. The molecule has 28 heavy (non-hydrogen) atoms. The zero-order valence-electron chi connectivity index (χ0n) is 15.5. The van der Waals surface area contributed by atoms with Crippen molar-refractivity contribution in [2.75, 3.05) is 11.9 Å². The molecule has 0 bridgehead atoms. The lowest BCUT2D eigenvalue weighted by Gasteiger charge is -2.06. The summed E-state index contributed by atoms with van der Waals surface area (Å²) in [5, 5.41) is 2.73. The summed E-state index contributed by atoms with van der Waals surface area (Å²) in [6, 6.07) is 19.1. The van der Waals surface area contributed by atoms with Gasteiger partial charge in [-0.25, -0.2) is 4.79 Å². The third kappa shape index (κ3) is 5.23. The maximum absolute atomic E-state index is 12.3. The van der Waals surface area contributed by atoms with Crippen LogP contribution in [0.2, 0.25) is 0 Å². The highest BCUT2D eigenvalue weighted by molar-refractivity contribution is 6.02. The number of carbonyl (C=O) groups excluding carboxylic acids is 2. The van der Waals surface area contributed by atoms with E-state index >= 15 is 0 Å². The maximum Gasteiger partial charge on any atom is 0.338 e. The molecule has 1 amide bonds. The molecule has 0 aliphatic rings. The third-order valence-corrected chi connectivity index (χ3v) is 3.83. The molecule has 1 N–H and O–H groups in total. The zero-order chi connectivity index (χ0) is 19.8. The third-order valence-electron chi connectivity index (χ3n) is 3.83. The molecule has 3 rings (SSSR count). The summed E-state index contributed by atoms with van der Waals surface area (Å²) in [4.78, 5) is 24.1. The van der Waals surface area contributed by atoms with Gasteiger partial charge in [0, 0.05) is 5.69 Å². The topological polar surface area (TPSA) is 77.8 Å². The Labute approximate surface area is 163 Å². The van der Waals surface area contributed by atoms with E-state index in [1.165, 1.54) is 0 Å². The molecule has 0 unspecified atom stereocenters. The molecule has 2 aromatic carbocycles. The number of hydrogen-bond acceptors (Lipinski definition) is 5. The van der Waals surface area contributed by atoms with E-state index in [1.54, 1.807) is 36.4 Å². The van der Waals surface area contributed by atoms with Crippen LogP contribution in [-0.2, 0) is 11.3 Å². The van der Waals surface area contributed by atoms with Crippen molar-refractivity contribution in [2.45, 2.75) is 20.0 Å². The molecule has 3 aromatic rings. The standard InChI is InChI=1S/C22H21NO5/c1-2-14-26-22(25)16-8-10-17(11-9-16)23-21(24)20-13-12-19(28-20)15-27-18-6-4-3-5-7-18/h3-13H,2,14-15H2,1H3,(H,23,24). The van der Waals surface area contributed by atoms with Crippen molar-refractivity contribution in [3.05, 3.63) is 83.8 Å². The fourth-order valence-electron chi connectivity index (χ4n) is 2.41. The van der Waals surface area contributed by atoms with Gasteiger partial charge in [-0.05, 0) is 55.0 Å². The Hall–Kier alpha value is -3.54.